The van der Waals surface area contributed by atoms with Crippen LogP contribution in [-0.4, -0.2) is 31.2 Å². The van der Waals surface area contributed by atoms with Crippen molar-refractivity contribution in [3.8, 4) is 11.5 Å². The molecule has 0 radical (unpaired) electrons. The van der Waals surface area contributed by atoms with Crippen LogP contribution < -0.4 is 20.2 Å². The highest BCUT2D eigenvalue weighted by molar-refractivity contribution is 6.32. The molecule has 9 heteroatoms. The molecule has 3 rings (SSSR count). The van der Waals surface area contributed by atoms with E-state index in [2.05, 4.69) is 15.8 Å². The van der Waals surface area contributed by atoms with Gasteiger partial charge in [-0.3, -0.25) is 9.59 Å². The average molecular weight is 500 g/mol. The van der Waals surface area contributed by atoms with Crippen LogP contribution in [0.5, 0.6) is 11.5 Å². The Morgan fingerprint density at radius 3 is 2.38 bits per heavy atom. The zero-order chi connectivity index (χ0) is 24.5. The normalized spacial score (nSPS) is 10.7. The number of anilines is 1. The van der Waals surface area contributed by atoms with E-state index in [-0.39, 0.29) is 29.2 Å². The third-order valence-corrected chi connectivity index (χ3v) is 5.03. The molecule has 0 aliphatic carbocycles. The Bertz CT molecular complexity index is 1180. The Labute approximate surface area is 207 Å². The van der Waals surface area contributed by atoms with Crippen LogP contribution in [0.1, 0.15) is 28.4 Å². The number of carbonyl (C=O) groups is 2. The lowest BCUT2D eigenvalue weighted by atomic mass is 10.2. The van der Waals surface area contributed by atoms with Crippen molar-refractivity contribution in [2.45, 2.75) is 13.8 Å². The summed E-state index contributed by atoms with van der Waals surface area (Å²) >= 11 is 12.2. The summed E-state index contributed by atoms with van der Waals surface area (Å²) in [6.45, 7) is 3.89. The lowest BCUT2D eigenvalue weighted by Gasteiger charge is -2.14. The van der Waals surface area contributed by atoms with Crippen LogP contribution in [0, 0.1) is 6.92 Å². The highest BCUT2D eigenvalue weighted by Crippen LogP contribution is 2.36. The third-order valence-electron chi connectivity index (χ3n) is 4.50. The summed E-state index contributed by atoms with van der Waals surface area (Å²) in [7, 11) is 0. The molecule has 0 aromatic heterocycles. The first-order chi connectivity index (χ1) is 16.4. The van der Waals surface area contributed by atoms with Crippen molar-refractivity contribution in [1.29, 1.82) is 0 Å². The van der Waals surface area contributed by atoms with Crippen LogP contribution in [0.25, 0.3) is 0 Å². The minimum Gasteiger partial charge on any atom is -0.490 e. The number of aryl methyl sites for hydroxylation is 1. The van der Waals surface area contributed by atoms with Crippen molar-refractivity contribution in [1.82, 2.24) is 5.43 Å². The Hall–Kier alpha value is -3.55. The van der Waals surface area contributed by atoms with Crippen molar-refractivity contribution >= 4 is 46.9 Å². The van der Waals surface area contributed by atoms with Gasteiger partial charge in [0.2, 0.25) is 0 Å². The average Bonchev–Trinajstić information content (AvgIpc) is 2.80. The molecule has 0 aliphatic heterocycles. The van der Waals surface area contributed by atoms with Gasteiger partial charge in [-0.25, -0.2) is 5.43 Å². The molecule has 0 heterocycles. The largest absolute Gasteiger partial charge is 0.490 e. The maximum absolute atomic E-state index is 12.3. The Morgan fingerprint density at radius 1 is 1.00 bits per heavy atom. The minimum atomic E-state index is -0.386. The zero-order valence-electron chi connectivity index (χ0n) is 18.6. The second-order valence-electron chi connectivity index (χ2n) is 7.17. The van der Waals surface area contributed by atoms with Gasteiger partial charge in [0.1, 0.15) is 0 Å². The van der Waals surface area contributed by atoms with E-state index in [1.54, 1.807) is 36.4 Å². The maximum Gasteiger partial charge on any atom is 0.271 e. The molecule has 2 N–H and O–H groups in total. The predicted molar refractivity (Wildman–Crippen MR) is 134 cm³/mol. The van der Waals surface area contributed by atoms with Gasteiger partial charge < -0.3 is 14.8 Å². The molecular formula is C25H23Cl2N3O4. The molecule has 7 nitrogen and oxygen atoms in total. The summed E-state index contributed by atoms with van der Waals surface area (Å²) in [6.07, 6.45) is 1.43. The number of halogens is 2. The molecule has 2 amide bonds. The topological polar surface area (TPSA) is 89.0 Å². The molecule has 0 saturated carbocycles. The van der Waals surface area contributed by atoms with E-state index in [1.165, 1.54) is 6.21 Å². The summed E-state index contributed by atoms with van der Waals surface area (Å²) < 4.78 is 11.3. The van der Waals surface area contributed by atoms with Crippen LogP contribution in [0.2, 0.25) is 10.0 Å². The van der Waals surface area contributed by atoms with Gasteiger partial charge in [0.15, 0.2) is 18.1 Å². The zero-order valence-corrected chi connectivity index (χ0v) is 20.1. The standard InChI is InChI=1S/C25H23Cl2N3O4/c1-3-33-22-13-17(14-28-30-25(32)18-6-8-19(26)9-7-18)12-21(27)24(22)34-15-23(31)29-20-10-4-16(2)5-11-20/h4-14H,3,15H2,1-2H3,(H,29,31)(H,30,32)/b28-14-. The van der Waals surface area contributed by atoms with Gasteiger partial charge in [-0.1, -0.05) is 40.9 Å². The Morgan fingerprint density at radius 2 is 1.71 bits per heavy atom. The molecule has 34 heavy (non-hydrogen) atoms. The van der Waals surface area contributed by atoms with Crippen molar-refractivity contribution in [2.75, 3.05) is 18.5 Å². The molecule has 0 unspecified atom stereocenters. The third kappa shape index (κ3) is 7.23. The summed E-state index contributed by atoms with van der Waals surface area (Å²) in [5.74, 6) is -0.130. The molecular weight excluding hydrogens is 477 g/mol. The van der Waals surface area contributed by atoms with E-state index < -0.39 is 0 Å². The second-order valence-corrected chi connectivity index (χ2v) is 8.02. The van der Waals surface area contributed by atoms with Crippen molar-refractivity contribution in [2.24, 2.45) is 5.10 Å². The highest BCUT2D eigenvalue weighted by Gasteiger charge is 2.14. The molecule has 176 valence electrons. The van der Waals surface area contributed by atoms with E-state index in [9.17, 15) is 9.59 Å². The van der Waals surface area contributed by atoms with E-state index in [0.717, 1.165) is 5.56 Å². The maximum atomic E-state index is 12.3. The van der Waals surface area contributed by atoms with Gasteiger partial charge in [0.25, 0.3) is 11.8 Å². The summed E-state index contributed by atoms with van der Waals surface area (Å²) in [4.78, 5) is 24.4. The molecule has 0 atom stereocenters. The van der Waals surface area contributed by atoms with E-state index in [4.69, 9.17) is 32.7 Å². The van der Waals surface area contributed by atoms with Gasteiger partial charge in [-0.2, -0.15) is 5.10 Å². The molecule has 0 fully saturated rings. The first-order valence-corrected chi connectivity index (χ1v) is 11.2. The first kappa shape index (κ1) is 25.1. The van der Waals surface area contributed by atoms with E-state index >= 15 is 0 Å². The Kier molecular flexibility index (Phi) is 8.90. The first-order valence-electron chi connectivity index (χ1n) is 10.4. The number of carbonyl (C=O) groups excluding carboxylic acids is 2. The Balaban J connectivity index is 1.65. The van der Waals surface area contributed by atoms with Gasteiger partial charge in [0.05, 0.1) is 17.8 Å². The van der Waals surface area contributed by atoms with Crippen molar-refractivity contribution < 1.29 is 19.1 Å². The number of rotatable bonds is 9. The molecule has 0 bridgehead atoms. The number of hydrogen-bond donors (Lipinski definition) is 2. The van der Waals surface area contributed by atoms with Crippen LogP contribution in [0.4, 0.5) is 5.69 Å². The fourth-order valence-electron chi connectivity index (χ4n) is 2.87. The number of nitrogens with zero attached hydrogens (tertiary/aromatic N) is 1. The predicted octanol–water partition coefficient (Wildman–Crippen LogP) is 5.48. The van der Waals surface area contributed by atoms with Gasteiger partial charge in [-0.15, -0.1) is 0 Å². The van der Waals surface area contributed by atoms with Gasteiger partial charge in [0, 0.05) is 16.3 Å². The van der Waals surface area contributed by atoms with Crippen molar-refractivity contribution in [3.63, 3.8) is 0 Å². The molecule has 3 aromatic rings. The fraction of sp³-hybridized carbons (Fsp3) is 0.160. The lowest BCUT2D eigenvalue weighted by Crippen LogP contribution is -2.20. The number of nitrogens with one attached hydrogen (secondary N) is 2. The van der Waals surface area contributed by atoms with Crippen molar-refractivity contribution in [3.05, 3.63) is 87.4 Å². The lowest BCUT2D eigenvalue weighted by molar-refractivity contribution is -0.118. The number of hydrazone groups is 1. The van der Waals surface area contributed by atoms with Crippen LogP contribution in [0.3, 0.4) is 0 Å². The number of benzene rings is 3. The number of hydrogen-bond acceptors (Lipinski definition) is 5. The second kappa shape index (κ2) is 12.1. The summed E-state index contributed by atoms with van der Waals surface area (Å²) in [6, 6.07) is 17.1. The van der Waals surface area contributed by atoms with Crippen LogP contribution >= 0.6 is 23.2 Å². The quantitative estimate of drug-likeness (QED) is 0.301. The monoisotopic (exact) mass is 499 g/mol. The summed E-state index contributed by atoms with van der Waals surface area (Å²) in [5, 5.41) is 7.49. The number of amides is 2. The highest BCUT2D eigenvalue weighted by atomic mass is 35.5. The summed E-state index contributed by atoms with van der Waals surface area (Å²) in [5.41, 5.74) is 5.19. The van der Waals surface area contributed by atoms with Crippen LogP contribution in [-0.2, 0) is 4.79 Å². The van der Waals surface area contributed by atoms with E-state index in [1.807, 2.05) is 38.1 Å². The smallest absolute Gasteiger partial charge is 0.271 e. The van der Waals surface area contributed by atoms with Crippen LogP contribution in [0.15, 0.2) is 65.8 Å². The molecule has 0 aliphatic rings. The SMILES string of the molecule is CCOc1cc(/C=N\NC(=O)c2ccc(Cl)cc2)cc(Cl)c1OCC(=O)Nc1ccc(C)cc1. The fourth-order valence-corrected chi connectivity index (χ4v) is 3.27. The molecule has 3 aromatic carbocycles. The molecule has 0 saturated heterocycles. The number of ether oxygens (including phenoxy) is 2. The van der Waals surface area contributed by atoms with E-state index in [0.29, 0.717) is 34.2 Å². The minimum absolute atomic E-state index is 0.236. The van der Waals surface area contributed by atoms with Gasteiger partial charge in [-0.05, 0) is 67.9 Å². The molecule has 0 spiro atoms. The van der Waals surface area contributed by atoms with Gasteiger partial charge >= 0.3 is 0 Å².